The highest BCUT2D eigenvalue weighted by Gasteiger charge is 2.33. The molecule has 2 N–H and O–H groups in total. The Bertz CT molecular complexity index is 513. The fraction of sp³-hybridized carbons (Fsp3) is 0.533. The molecule has 2 heterocycles. The molecule has 3 rings (SSSR count). The molecule has 1 aromatic rings. The number of aliphatic hydroxyl groups is 1. The predicted molar refractivity (Wildman–Crippen MR) is 74.4 cm³/mol. The number of para-hydroxylation sites is 2. The lowest BCUT2D eigenvalue weighted by atomic mass is 9.94. The summed E-state index contributed by atoms with van der Waals surface area (Å²) < 4.78 is 16.3. The van der Waals surface area contributed by atoms with Crippen molar-refractivity contribution in [2.75, 3.05) is 26.4 Å². The Morgan fingerprint density at radius 2 is 2.00 bits per heavy atom. The van der Waals surface area contributed by atoms with Crippen LogP contribution in [0.2, 0.25) is 0 Å². The molecule has 21 heavy (non-hydrogen) atoms. The second-order valence-electron chi connectivity index (χ2n) is 5.42. The van der Waals surface area contributed by atoms with Gasteiger partial charge in [0, 0.05) is 32.6 Å². The van der Waals surface area contributed by atoms with Gasteiger partial charge in [-0.05, 0) is 12.1 Å². The van der Waals surface area contributed by atoms with Gasteiger partial charge in [0.2, 0.25) is 6.10 Å². The van der Waals surface area contributed by atoms with Crippen molar-refractivity contribution >= 4 is 5.91 Å². The predicted octanol–water partition coefficient (Wildman–Crippen LogP) is 0.484. The number of carbonyl (C=O) groups excluding carboxylic acids is 1. The van der Waals surface area contributed by atoms with Crippen LogP contribution >= 0.6 is 0 Å². The Balaban J connectivity index is 1.55. The molecular weight excluding hydrogens is 274 g/mol. The van der Waals surface area contributed by atoms with Crippen LogP contribution in [-0.2, 0) is 9.53 Å². The maximum atomic E-state index is 12.1. The first-order valence-corrected chi connectivity index (χ1v) is 7.13. The summed E-state index contributed by atoms with van der Waals surface area (Å²) in [4.78, 5) is 12.1. The molecule has 6 heteroatoms. The lowest BCUT2D eigenvalue weighted by Gasteiger charge is -2.33. The van der Waals surface area contributed by atoms with E-state index in [9.17, 15) is 9.90 Å². The molecule has 0 aromatic heterocycles. The van der Waals surface area contributed by atoms with Crippen molar-refractivity contribution in [3.8, 4) is 11.5 Å². The number of amides is 1. The molecule has 0 unspecified atom stereocenters. The van der Waals surface area contributed by atoms with E-state index < -0.39 is 11.7 Å². The summed E-state index contributed by atoms with van der Waals surface area (Å²) in [6.45, 7) is 1.41. The Morgan fingerprint density at radius 1 is 1.29 bits per heavy atom. The van der Waals surface area contributed by atoms with Gasteiger partial charge in [-0.15, -0.1) is 0 Å². The highest BCUT2D eigenvalue weighted by Crippen LogP contribution is 2.30. The zero-order valence-corrected chi connectivity index (χ0v) is 11.7. The Morgan fingerprint density at radius 3 is 2.76 bits per heavy atom. The van der Waals surface area contributed by atoms with Gasteiger partial charge in [0.05, 0.1) is 5.60 Å². The van der Waals surface area contributed by atoms with E-state index in [-0.39, 0.29) is 19.1 Å². The fourth-order valence-corrected chi connectivity index (χ4v) is 2.44. The summed E-state index contributed by atoms with van der Waals surface area (Å²) >= 11 is 0. The van der Waals surface area contributed by atoms with Gasteiger partial charge >= 0.3 is 0 Å². The number of nitrogens with one attached hydrogen (secondary N) is 1. The van der Waals surface area contributed by atoms with Crippen LogP contribution in [0.25, 0.3) is 0 Å². The van der Waals surface area contributed by atoms with Crippen LogP contribution in [0.5, 0.6) is 11.5 Å². The summed E-state index contributed by atoms with van der Waals surface area (Å²) in [6.07, 6.45) is 0.361. The number of hydrogen-bond acceptors (Lipinski definition) is 5. The molecule has 6 nitrogen and oxygen atoms in total. The molecule has 114 valence electrons. The van der Waals surface area contributed by atoms with Crippen molar-refractivity contribution in [1.82, 2.24) is 5.32 Å². The van der Waals surface area contributed by atoms with Gasteiger partial charge in [-0.1, -0.05) is 12.1 Å². The van der Waals surface area contributed by atoms with E-state index >= 15 is 0 Å². The van der Waals surface area contributed by atoms with Gasteiger partial charge in [-0.3, -0.25) is 4.79 Å². The van der Waals surface area contributed by atoms with E-state index in [4.69, 9.17) is 14.2 Å². The lowest BCUT2D eigenvalue weighted by molar-refractivity contribution is -0.133. The van der Waals surface area contributed by atoms with Crippen LogP contribution < -0.4 is 14.8 Å². The molecule has 1 atom stereocenters. The highest BCUT2D eigenvalue weighted by molar-refractivity contribution is 5.81. The fourth-order valence-electron chi connectivity index (χ4n) is 2.44. The number of rotatable bonds is 3. The number of hydrogen-bond donors (Lipinski definition) is 2. The first-order chi connectivity index (χ1) is 10.2. The number of fused-ring (bicyclic) bond motifs is 1. The Kier molecular flexibility index (Phi) is 3.98. The van der Waals surface area contributed by atoms with Gasteiger partial charge in [0.15, 0.2) is 11.5 Å². The largest absolute Gasteiger partial charge is 0.485 e. The maximum absolute atomic E-state index is 12.1. The van der Waals surface area contributed by atoms with Crippen molar-refractivity contribution < 1.29 is 24.1 Å². The molecule has 1 aromatic carbocycles. The molecule has 0 radical (unpaired) electrons. The summed E-state index contributed by atoms with van der Waals surface area (Å²) in [5.41, 5.74) is -0.888. The minimum absolute atomic E-state index is 0.171. The average Bonchev–Trinajstić information content (AvgIpc) is 2.53. The first kappa shape index (κ1) is 14.2. The maximum Gasteiger partial charge on any atom is 0.264 e. The number of carbonyl (C=O) groups is 1. The molecular formula is C15H19NO5. The third kappa shape index (κ3) is 3.28. The van der Waals surface area contributed by atoms with Crippen molar-refractivity contribution in [2.45, 2.75) is 24.5 Å². The van der Waals surface area contributed by atoms with E-state index in [0.29, 0.717) is 37.6 Å². The average molecular weight is 293 g/mol. The van der Waals surface area contributed by atoms with Crippen LogP contribution in [0.15, 0.2) is 24.3 Å². The molecule has 0 bridgehead atoms. The second kappa shape index (κ2) is 5.91. The topological polar surface area (TPSA) is 77.0 Å². The van der Waals surface area contributed by atoms with Gasteiger partial charge in [0.1, 0.15) is 6.61 Å². The third-order valence-corrected chi connectivity index (χ3v) is 3.82. The normalized spacial score (nSPS) is 23.4. The molecule has 1 fully saturated rings. The smallest absolute Gasteiger partial charge is 0.264 e. The van der Waals surface area contributed by atoms with Crippen molar-refractivity contribution in [3.05, 3.63) is 24.3 Å². The molecule has 0 spiro atoms. The molecule has 0 saturated carbocycles. The summed E-state index contributed by atoms with van der Waals surface area (Å²) in [6, 6.07) is 7.24. The standard InChI is InChI=1S/C15H19NO5/c17-14(16-10-15(18)5-7-19-8-6-15)13-9-20-11-3-1-2-4-12(11)21-13/h1-4,13,18H,5-10H2,(H,16,17)/t13-/m1/s1. The summed E-state index contributed by atoms with van der Waals surface area (Å²) in [5, 5.41) is 13.1. The molecule has 0 aliphatic carbocycles. The summed E-state index contributed by atoms with van der Waals surface area (Å²) in [7, 11) is 0. The minimum Gasteiger partial charge on any atom is -0.485 e. The first-order valence-electron chi connectivity index (χ1n) is 7.13. The quantitative estimate of drug-likeness (QED) is 0.848. The summed E-state index contributed by atoms with van der Waals surface area (Å²) in [5.74, 6) is 0.933. The second-order valence-corrected chi connectivity index (χ2v) is 5.42. The van der Waals surface area contributed by atoms with E-state index in [0.717, 1.165) is 0 Å². The van der Waals surface area contributed by atoms with E-state index in [1.165, 1.54) is 0 Å². The van der Waals surface area contributed by atoms with Crippen molar-refractivity contribution in [1.29, 1.82) is 0 Å². The molecule has 1 amide bonds. The minimum atomic E-state index is -0.888. The Labute approximate surface area is 123 Å². The van der Waals surface area contributed by atoms with E-state index in [1.54, 1.807) is 12.1 Å². The van der Waals surface area contributed by atoms with Crippen LogP contribution in [0.4, 0.5) is 0 Å². The number of ether oxygens (including phenoxy) is 3. The van der Waals surface area contributed by atoms with Crippen LogP contribution in [0.1, 0.15) is 12.8 Å². The Hall–Kier alpha value is -1.79. The van der Waals surface area contributed by atoms with Crippen LogP contribution in [-0.4, -0.2) is 49.1 Å². The van der Waals surface area contributed by atoms with Crippen LogP contribution in [0, 0.1) is 0 Å². The molecule has 1 saturated heterocycles. The third-order valence-electron chi connectivity index (χ3n) is 3.82. The zero-order chi connectivity index (χ0) is 14.7. The molecule has 2 aliphatic rings. The van der Waals surface area contributed by atoms with Crippen molar-refractivity contribution in [2.24, 2.45) is 0 Å². The van der Waals surface area contributed by atoms with E-state index in [1.807, 2.05) is 12.1 Å². The monoisotopic (exact) mass is 293 g/mol. The van der Waals surface area contributed by atoms with Gasteiger partial charge in [-0.2, -0.15) is 0 Å². The number of benzene rings is 1. The zero-order valence-electron chi connectivity index (χ0n) is 11.7. The van der Waals surface area contributed by atoms with Gasteiger partial charge in [-0.25, -0.2) is 0 Å². The van der Waals surface area contributed by atoms with E-state index in [2.05, 4.69) is 5.32 Å². The van der Waals surface area contributed by atoms with Crippen molar-refractivity contribution in [3.63, 3.8) is 0 Å². The van der Waals surface area contributed by atoms with Gasteiger partial charge in [0.25, 0.3) is 5.91 Å². The van der Waals surface area contributed by atoms with Gasteiger partial charge < -0.3 is 24.6 Å². The highest BCUT2D eigenvalue weighted by atomic mass is 16.6. The SMILES string of the molecule is O=C(NCC1(O)CCOCC1)[C@H]1COc2ccccc2O1. The van der Waals surface area contributed by atoms with Crippen LogP contribution in [0.3, 0.4) is 0 Å². The molecule has 2 aliphatic heterocycles. The lowest BCUT2D eigenvalue weighted by Crippen LogP contribution is -2.51.